The van der Waals surface area contributed by atoms with E-state index in [1.807, 2.05) is 0 Å². The number of aromatic nitrogens is 1. The normalized spacial score (nSPS) is 16.7. The first-order chi connectivity index (χ1) is 5.29. The maximum absolute atomic E-state index is 10.6. The number of aromatic carboxylic acids is 1. The zero-order valence-electron chi connectivity index (χ0n) is 6.00. The molecule has 2 N–H and O–H groups in total. The quantitative estimate of drug-likeness (QED) is 0.674. The van der Waals surface area contributed by atoms with Crippen molar-refractivity contribution in [3.05, 3.63) is 23.5 Å². The molecular formula is C8H9NO2. The molecule has 0 aliphatic heterocycles. The number of aromatic amines is 1. The van der Waals surface area contributed by atoms with Crippen molar-refractivity contribution < 1.29 is 9.90 Å². The molecule has 0 atom stereocenters. The molecule has 58 valence electrons. The molecule has 0 spiro atoms. The third kappa shape index (κ3) is 1.02. The Morgan fingerprint density at radius 2 is 2.27 bits per heavy atom. The SMILES string of the molecule is O=C(O)c1c[nH]cc1C1CC1. The van der Waals surface area contributed by atoms with Crippen molar-refractivity contribution in [2.24, 2.45) is 0 Å². The third-order valence-electron chi connectivity index (χ3n) is 2.03. The Morgan fingerprint density at radius 3 is 2.82 bits per heavy atom. The number of nitrogens with one attached hydrogen (secondary N) is 1. The van der Waals surface area contributed by atoms with Gasteiger partial charge in [0.2, 0.25) is 0 Å². The van der Waals surface area contributed by atoms with Crippen LogP contribution in [0.2, 0.25) is 0 Å². The van der Waals surface area contributed by atoms with Crippen molar-refractivity contribution in [2.75, 3.05) is 0 Å². The number of H-pyrrole nitrogens is 1. The summed E-state index contributed by atoms with van der Waals surface area (Å²) in [7, 11) is 0. The molecule has 3 nitrogen and oxygen atoms in total. The lowest BCUT2D eigenvalue weighted by Gasteiger charge is -1.93. The van der Waals surface area contributed by atoms with Gasteiger partial charge >= 0.3 is 5.97 Å². The molecule has 2 rings (SSSR count). The van der Waals surface area contributed by atoms with Gasteiger partial charge in [-0.1, -0.05) is 0 Å². The Kier molecular flexibility index (Phi) is 1.24. The van der Waals surface area contributed by atoms with E-state index in [1.165, 1.54) is 0 Å². The van der Waals surface area contributed by atoms with Gasteiger partial charge in [-0.15, -0.1) is 0 Å². The van der Waals surface area contributed by atoms with Gasteiger partial charge in [-0.3, -0.25) is 0 Å². The second-order valence-electron chi connectivity index (χ2n) is 2.90. The molecule has 1 aromatic heterocycles. The van der Waals surface area contributed by atoms with Crippen molar-refractivity contribution in [1.82, 2.24) is 4.98 Å². The van der Waals surface area contributed by atoms with Gasteiger partial charge in [0.25, 0.3) is 0 Å². The maximum Gasteiger partial charge on any atom is 0.337 e. The molecule has 0 bridgehead atoms. The third-order valence-corrected chi connectivity index (χ3v) is 2.03. The van der Waals surface area contributed by atoms with Crippen LogP contribution in [0.4, 0.5) is 0 Å². The number of carbonyl (C=O) groups is 1. The molecule has 1 aliphatic carbocycles. The van der Waals surface area contributed by atoms with Crippen molar-refractivity contribution in [3.63, 3.8) is 0 Å². The second-order valence-corrected chi connectivity index (χ2v) is 2.90. The molecule has 1 aliphatic rings. The van der Waals surface area contributed by atoms with Crippen LogP contribution in [-0.4, -0.2) is 16.1 Å². The Balaban J connectivity index is 2.37. The molecule has 0 unspecified atom stereocenters. The van der Waals surface area contributed by atoms with E-state index < -0.39 is 5.97 Å². The number of carboxylic acid groups (broad SMARTS) is 1. The number of hydrogen-bond donors (Lipinski definition) is 2. The molecule has 0 amide bonds. The van der Waals surface area contributed by atoms with Crippen LogP contribution in [-0.2, 0) is 0 Å². The predicted molar refractivity (Wildman–Crippen MR) is 39.7 cm³/mol. The summed E-state index contributed by atoms with van der Waals surface area (Å²) in [5.41, 5.74) is 1.41. The number of hydrogen-bond acceptors (Lipinski definition) is 1. The van der Waals surface area contributed by atoms with Crippen molar-refractivity contribution in [3.8, 4) is 0 Å². The fraction of sp³-hybridized carbons (Fsp3) is 0.375. The summed E-state index contributed by atoms with van der Waals surface area (Å²) in [6.45, 7) is 0. The van der Waals surface area contributed by atoms with Crippen LogP contribution in [0.5, 0.6) is 0 Å². The summed E-state index contributed by atoms with van der Waals surface area (Å²) in [4.78, 5) is 13.4. The minimum absolute atomic E-state index is 0.438. The van der Waals surface area contributed by atoms with Crippen LogP contribution < -0.4 is 0 Å². The van der Waals surface area contributed by atoms with Gasteiger partial charge in [-0.05, 0) is 24.3 Å². The first-order valence-electron chi connectivity index (χ1n) is 3.69. The van der Waals surface area contributed by atoms with Gasteiger partial charge in [0.05, 0.1) is 5.56 Å². The van der Waals surface area contributed by atoms with Gasteiger partial charge in [-0.2, -0.15) is 0 Å². The topological polar surface area (TPSA) is 53.1 Å². The number of rotatable bonds is 2. The lowest BCUT2D eigenvalue weighted by Crippen LogP contribution is -1.97. The van der Waals surface area contributed by atoms with Crippen molar-refractivity contribution >= 4 is 5.97 Å². The zero-order chi connectivity index (χ0) is 7.84. The molecule has 1 saturated carbocycles. The summed E-state index contributed by atoms with van der Waals surface area (Å²) >= 11 is 0. The lowest BCUT2D eigenvalue weighted by atomic mass is 10.1. The second kappa shape index (κ2) is 2.12. The van der Waals surface area contributed by atoms with Crippen LogP contribution >= 0.6 is 0 Å². The summed E-state index contributed by atoms with van der Waals surface area (Å²) in [5.74, 6) is -0.319. The van der Waals surface area contributed by atoms with Gasteiger partial charge in [0, 0.05) is 12.4 Å². The highest BCUT2D eigenvalue weighted by Crippen LogP contribution is 2.41. The molecular weight excluding hydrogens is 142 g/mol. The largest absolute Gasteiger partial charge is 0.478 e. The average molecular weight is 151 g/mol. The predicted octanol–water partition coefficient (Wildman–Crippen LogP) is 1.59. The smallest absolute Gasteiger partial charge is 0.337 e. The first-order valence-corrected chi connectivity index (χ1v) is 3.69. The lowest BCUT2D eigenvalue weighted by molar-refractivity contribution is 0.0696. The Hall–Kier alpha value is -1.25. The van der Waals surface area contributed by atoms with E-state index in [-0.39, 0.29) is 0 Å². The summed E-state index contributed by atoms with van der Waals surface area (Å²) in [6.07, 6.45) is 5.62. The van der Waals surface area contributed by atoms with E-state index in [2.05, 4.69) is 4.98 Å². The fourth-order valence-electron chi connectivity index (χ4n) is 1.29. The van der Waals surface area contributed by atoms with E-state index in [0.29, 0.717) is 11.5 Å². The highest BCUT2D eigenvalue weighted by atomic mass is 16.4. The van der Waals surface area contributed by atoms with E-state index >= 15 is 0 Å². The Morgan fingerprint density at radius 1 is 1.55 bits per heavy atom. The maximum atomic E-state index is 10.6. The highest BCUT2D eigenvalue weighted by molar-refractivity contribution is 5.89. The van der Waals surface area contributed by atoms with Crippen LogP contribution in [0.25, 0.3) is 0 Å². The molecule has 0 saturated heterocycles. The summed E-state index contributed by atoms with van der Waals surface area (Å²) in [6, 6.07) is 0. The number of carboxylic acids is 1. The van der Waals surface area contributed by atoms with Gasteiger partial charge in [0.15, 0.2) is 0 Å². The standard InChI is InChI=1S/C8H9NO2/c10-8(11)7-4-9-3-6(7)5-1-2-5/h3-5,9H,1-2H2,(H,10,11). The van der Waals surface area contributed by atoms with E-state index in [0.717, 1.165) is 18.4 Å². The van der Waals surface area contributed by atoms with Gasteiger partial charge < -0.3 is 10.1 Å². The summed E-state index contributed by atoms with van der Waals surface area (Å²) < 4.78 is 0. The van der Waals surface area contributed by atoms with Crippen LogP contribution in [0.1, 0.15) is 34.7 Å². The molecule has 3 heteroatoms. The van der Waals surface area contributed by atoms with Crippen LogP contribution in [0.15, 0.2) is 12.4 Å². The molecule has 0 radical (unpaired) electrons. The molecule has 1 heterocycles. The van der Waals surface area contributed by atoms with Crippen molar-refractivity contribution in [1.29, 1.82) is 0 Å². The monoisotopic (exact) mass is 151 g/mol. The van der Waals surface area contributed by atoms with Crippen LogP contribution in [0.3, 0.4) is 0 Å². The van der Waals surface area contributed by atoms with Gasteiger partial charge in [0.1, 0.15) is 0 Å². The molecule has 1 fully saturated rings. The minimum Gasteiger partial charge on any atom is -0.478 e. The van der Waals surface area contributed by atoms with Crippen molar-refractivity contribution in [2.45, 2.75) is 18.8 Å². The first kappa shape index (κ1) is 6.46. The molecule has 1 aromatic rings. The van der Waals surface area contributed by atoms with E-state index in [9.17, 15) is 4.79 Å². The Bertz CT molecular complexity index is 286. The highest BCUT2D eigenvalue weighted by Gasteiger charge is 2.28. The van der Waals surface area contributed by atoms with E-state index in [1.54, 1.807) is 12.4 Å². The van der Waals surface area contributed by atoms with Gasteiger partial charge in [-0.25, -0.2) is 4.79 Å². The average Bonchev–Trinajstić information content (AvgIpc) is 2.68. The fourth-order valence-corrected chi connectivity index (χ4v) is 1.29. The molecule has 0 aromatic carbocycles. The molecule has 11 heavy (non-hydrogen) atoms. The Labute approximate surface area is 64.1 Å². The summed E-state index contributed by atoms with van der Waals surface area (Å²) in [5, 5.41) is 8.71. The van der Waals surface area contributed by atoms with E-state index in [4.69, 9.17) is 5.11 Å². The zero-order valence-corrected chi connectivity index (χ0v) is 6.00. The van der Waals surface area contributed by atoms with Crippen LogP contribution in [0, 0.1) is 0 Å². The minimum atomic E-state index is -0.826.